The third kappa shape index (κ3) is 3.73. The number of hydrogen-bond donors (Lipinski definition) is 0. The van der Waals surface area contributed by atoms with Gasteiger partial charge in [-0.25, -0.2) is 4.98 Å². The Morgan fingerprint density at radius 3 is 2.79 bits per heavy atom. The van der Waals surface area contributed by atoms with Crippen LogP contribution >= 0.6 is 0 Å². The fourth-order valence-corrected chi connectivity index (χ4v) is 3.73. The van der Waals surface area contributed by atoms with Gasteiger partial charge < -0.3 is 18.8 Å². The zero-order valence-corrected chi connectivity index (χ0v) is 16.2. The van der Waals surface area contributed by atoms with Crippen LogP contribution in [0.15, 0.2) is 46.9 Å². The summed E-state index contributed by atoms with van der Waals surface area (Å²) in [5.74, 6) is 1.47. The van der Waals surface area contributed by atoms with Crippen molar-refractivity contribution in [2.75, 3.05) is 27.4 Å². The van der Waals surface area contributed by atoms with Crippen LogP contribution in [0.3, 0.4) is 0 Å². The van der Waals surface area contributed by atoms with Crippen molar-refractivity contribution in [3.8, 4) is 5.75 Å². The predicted octanol–water partition coefficient (Wildman–Crippen LogP) is 3.68. The number of rotatable bonds is 6. The summed E-state index contributed by atoms with van der Waals surface area (Å²) in [7, 11) is 3.32. The minimum absolute atomic E-state index is 0.0227. The van der Waals surface area contributed by atoms with Crippen LogP contribution in [0.25, 0.3) is 11.1 Å². The second kappa shape index (κ2) is 8.02. The van der Waals surface area contributed by atoms with Crippen molar-refractivity contribution in [2.45, 2.75) is 25.3 Å². The van der Waals surface area contributed by atoms with Gasteiger partial charge in [0.2, 0.25) is 0 Å². The van der Waals surface area contributed by atoms with Crippen LogP contribution in [-0.2, 0) is 11.2 Å². The molecular formula is C22H24N2O4. The minimum Gasteiger partial charge on any atom is -0.497 e. The zero-order chi connectivity index (χ0) is 19.5. The molecule has 1 atom stereocenters. The Morgan fingerprint density at radius 2 is 2.04 bits per heavy atom. The molecule has 1 aromatic heterocycles. The second-order valence-corrected chi connectivity index (χ2v) is 7.06. The number of aromatic nitrogens is 1. The van der Waals surface area contributed by atoms with Gasteiger partial charge in [0.15, 0.2) is 11.5 Å². The van der Waals surface area contributed by atoms with E-state index in [0.29, 0.717) is 30.1 Å². The Hall–Kier alpha value is -2.86. The molecule has 6 nitrogen and oxygen atoms in total. The van der Waals surface area contributed by atoms with Gasteiger partial charge in [0.05, 0.1) is 19.8 Å². The SMILES string of the molecule is COCC1CCCN1C(=O)c1ccc2nc(Cc3ccc(OC)cc3)oc2c1. The quantitative estimate of drug-likeness (QED) is 0.653. The molecule has 6 heteroatoms. The number of methoxy groups -OCH3 is 2. The average molecular weight is 380 g/mol. The number of hydrogen-bond acceptors (Lipinski definition) is 5. The first-order valence-electron chi connectivity index (χ1n) is 9.50. The molecule has 1 fully saturated rings. The molecule has 1 aliphatic heterocycles. The summed E-state index contributed by atoms with van der Waals surface area (Å²) >= 11 is 0. The second-order valence-electron chi connectivity index (χ2n) is 7.06. The van der Waals surface area contributed by atoms with Crippen LogP contribution in [0, 0.1) is 0 Å². The lowest BCUT2D eigenvalue weighted by Gasteiger charge is -2.24. The summed E-state index contributed by atoms with van der Waals surface area (Å²) in [5, 5.41) is 0. The van der Waals surface area contributed by atoms with Gasteiger partial charge in [0, 0.05) is 25.6 Å². The maximum atomic E-state index is 12.9. The van der Waals surface area contributed by atoms with Crippen LogP contribution < -0.4 is 4.74 Å². The average Bonchev–Trinajstić information content (AvgIpc) is 3.34. The maximum Gasteiger partial charge on any atom is 0.254 e. The molecule has 1 saturated heterocycles. The Kier molecular flexibility index (Phi) is 5.30. The fraction of sp³-hybridized carbons (Fsp3) is 0.364. The summed E-state index contributed by atoms with van der Waals surface area (Å²) in [6.45, 7) is 1.34. The normalized spacial score (nSPS) is 16.6. The molecule has 2 heterocycles. The Bertz CT molecular complexity index is 964. The lowest BCUT2D eigenvalue weighted by molar-refractivity contribution is 0.0630. The summed E-state index contributed by atoms with van der Waals surface area (Å²) in [4.78, 5) is 19.4. The minimum atomic E-state index is 0.0227. The van der Waals surface area contributed by atoms with Crippen LogP contribution in [-0.4, -0.2) is 49.2 Å². The van der Waals surface area contributed by atoms with Crippen molar-refractivity contribution in [1.29, 1.82) is 0 Å². The molecule has 0 N–H and O–H groups in total. The maximum absolute atomic E-state index is 12.9. The van der Waals surface area contributed by atoms with Gasteiger partial charge in [-0.05, 0) is 48.7 Å². The van der Waals surface area contributed by atoms with E-state index in [1.165, 1.54) is 0 Å². The molecule has 0 radical (unpaired) electrons. The first-order valence-corrected chi connectivity index (χ1v) is 9.50. The highest BCUT2D eigenvalue weighted by Gasteiger charge is 2.29. The van der Waals surface area contributed by atoms with Gasteiger partial charge >= 0.3 is 0 Å². The van der Waals surface area contributed by atoms with E-state index < -0.39 is 0 Å². The Labute approximate surface area is 164 Å². The number of carbonyl (C=O) groups excluding carboxylic acids is 1. The van der Waals surface area contributed by atoms with Crippen molar-refractivity contribution < 1.29 is 18.7 Å². The van der Waals surface area contributed by atoms with Crippen molar-refractivity contribution in [1.82, 2.24) is 9.88 Å². The van der Waals surface area contributed by atoms with E-state index in [9.17, 15) is 4.79 Å². The number of ether oxygens (including phenoxy) is 2. The van der Waals surface area contributed by atoms with Gasteiger partial charge in [-0.3, -0.25) is 4.79 Å². The molecule has 28 heavy (non-hydrogen) atoms. The number of likely N-dealkylation sites (tertiary alicyclic amines) is 1. The number of amides is 1. The number of nitrogens with zero attached hydrogens (tertiary/aromatic N) is 2. The van der Waals surface area contributed by atoms with E-state index in [4.69, 9.17) is 13.9 Å². The van der Waals surface area contributed by atoms with E-state index in [2.05, 4.69) is 4.98 Å². The lowest BCUT2D eigenvalue weighted by Crippen LogP contribution is -2.38. The molecule has 0 saturated carbocycles. The number of oxazole rings is 1. The summed E-state index contributed by atoms with van der Waals surface area (Å²) in [6, 6.07) is 13.4. The van der Waals surface area contributed by atoms with E-state index in [1.807, 2.05) is 41.3 Å². The van der Waals surface area contributed by atoms with E-state index in [0.717, 1.165) is 36.2 Å². The summed E-state index contributed by atoms with van der Waals surface area (Å²) < 4.78 is 16.4. The molecule has 3 aromatic rings. The molecule has 1 unspecified atom stereocenters. The smallest absolute Gasteiger partial charge is 0.254 e. The molecule has 0 bridgehead atoms. The van der Waals surface area contributed by atoms with Gasteiger partial charge in [-0.1, -0.05) is 12.1 Å². The highest BCUT2D eigenvalue weighted by atomic mass is 16.5. The fourth-order valence-electron chi connectivity index (χ4n) is 3.73. The Morgan fingerprint density at radius 1 is 1.21 bits per heavy atom. The molecule has 146 valence electrons. The summed E-state index contributed by atoms with van der Waals surface area (Å²) in [6.07, 6.45) is 2.58. The highest BCUT2D eigenvalue weighted by Crippen LogP contribution is 2.24. The highest BCUT2D eigenvalue weighted by molar-refractivity contribution is 5.97. The molecule has 4 rings (SSSR count). The Balaban J connectivity index is 1.53. The monoisotopic (exact) mass is 380 g/mol. The van der Waals surface area contributed by atoms with Crippen molar-refractivity contribution in [3.63, 3.8) is 0 Å². The van der Waals surface area contributed by atoms with Crippen molar-refractivity contribution >= 4 is 17.0 Å². The summed E-state index contributed by atoms with van der Waals surface area (Å²) in [5.41, 5.74) is 3.11. The third-order valence-corrected chi connectivity index (χ3v) is 5.19. The topological polar surface area (TPSA) is 64.8 Å². The molecule has 1 amide bonds. The molecular weight excluding hydrogens is 356 g/mol. The van der Waals surface area contributed by atoms with Gasteiger partial charge in [0.1, 0.15) is 11.3 Å². The van der Waals surface area contributed by atoms with E-state index in [-0.39, 0.29) is 11.9 Å². The third-order valence-electron chi connectivity index (χ3n) is 5.19. The number of benzene rings is 2. The van der Waals surface area contributed by atoms with Crippen LogP contribution in [0.1, 0.15) is 34.7 Å². The molecule has 1 aliphatic rings. The van der Waals surface area contributed by atoms with E-state index >= 15 is 0 Å². The first-order chi connectivity index (χ1) is 13.7. The largest absolute Gasteiger partial charge is 0.497 e. The van der Waals surface area contributed by atoms with Gasteiger partial charge in [-0.2, -0.15) is 0 Å². The standard InChI is InChI=1S/C22H24N2O4/c1-26-14-17-4-3-11-24(17)22(25)16-7-10-19-20(13-16)28-21(23-19)12-15-5-8-18(27-2)9-6-15/h5-10,13,17H,3-4,11-12,14H2,1-2H3. The predicted molar refractivity (Wildman–Crippen MR) is 106 cm³/mol. The number of carbonyl (C=O) groups is 1. The van der Waals surface area contributed by atoms with Crippen LogP contribution in [0.4, 0.5) is 0 Å². The van der Waals surface area contributed by atoms with Gasteiger partial charge in [-0.15, -0.1) is 0 Å². The first kappa shape index (κ1) is 18.5. The molecule has 0 spiro atoms. The molecule has 0 aliphatic carbocycles. The van der Waals surface area contributed by atoms with E-state index in [1.54, 1.807) is 20.3 Å². The van der Waals surface area contributed by atoms with Gasteiger partial charge in [0.25, 0.3) is 5.91 Å². The number of fused-ring (bicyclic) bond motifs is 1. The van der Waals surface area contributed by atoms with Crippen LogP contribution in [0.5, 0.6) is 5.75 Å². The van der Waals surface area contributed by atoms with Crippen molar-refractivity contribution in [3.05, 3.63) is 59.5 Å². The molecule has 2 aromatic carbocycles. The van der Waals surface area contributed by atoms with Crippen molar-refractivity contribution in [2.24, 2.45) is 0 Å². The lowest BCUT2D eigenvalue weighted by atomic mass is 10.1. The van der Waals surface area contributed by atoms with Crippen LogP contribution in [0.2, 0.25) is 0 Å². The zero-order valence-electron chi connectivity index (χ0n) is 16.2.